The third-order valence-electron chi connectivity index (χ3n) is 5.35. The van der Waals surface area contributed by atoms with E-state index in [1.165, 1.54) is 11.1 Å². The molecule has 0 radical (unpaired) electrons. The molecule has 1 aliphatic rings. The number of aromatic nitrogens is 2. The molecule has 1 aliphatic heterocycles. The Balaban J connectivity index is 1.70. The van der Waals surface area contributed by atoms with Gasteiger partial charge in [-0.2, -0.15) is 0 Å². The van der Waals surface area contributed by atoms with Crippen LogP contribution in [0.25, 0.3) is 16.7 Å². The predicted molar refractivity (Wildman–Crippen MR) is 114 cm³/mol. The van der Waals surface area contributed by atoms with Gasteiger partial charge in [-0.15, -0.1) is 0 Å². The maximum absolute atomic E-state index is 5.30. The first-order valence-electron chi connectivity index (χ1n) is 9.40. The van der Waals surface area contributed by atoms with E-state index in [1.807, 2.05) is 18.2 Å². The normalized spacial score (nSPS) is 15.6. The summed E-state index contributed by atoms with van der Waals surface area (Å²) in [6, 6.07) is 25.0. The van der Waals surface area contributed by atoms with Crippen LogP contribution in [0.1, 0.15) is 22.7 Å². The van der Waals surface area contributed by atoms with Crippen molar-refractivity contribution in [3.8, 4) is 5.75 Å². The summed E-state index contributed by atoms with van der Waals surface area (Å²) >= 11 is 0. The molecule has 2 heterocycles. The van der Waals surface area contributed by atoms with E-state index in [9.17, 15) is 0 Å². The first-order chi connectivity index (χ1) is 13.7. The maximum Gasteiger partial charge on any atom is 0.209 e. The van der Waals surface area contributed by atoms with Crippen molar-refractivity contribution in [2.45, 2.75) is 13.0 Å². The van der Waals surface area contributed by atoms with Crippen molar-refractivity contribution < 1.29 is 4.74 Å². The van der Waals surface area contributed by atoms with Crippen LogP contribution in [0.3, 0.4) is 0 Å². The summed E-state index contributed by atoms with van der Waals surface area (Å²) in [6.45, 7) is 2.16. The highest BCUT2D eigenvalue weighted by atomic mass is 16.5. The second kappa shape index (κ2) is 6.57. The Morgan fingerprint density at radius 1 is 0.929 bits per heavy atom. The van der Waals surface area contributed by atoms with Crippen LogP contribution in [0.15, 0.2) is 78.9 Å². The SMILES string of the molecule is COc1ccc(C2=CC(c3ccccc3C)n3c(nc4ccccc43)N2)cc1. The van der Waals surface area contributed by atoms with Crippen LogP contribution in [0.2, 0.25) is 0 Å². The van der Waals surface area contributed by atoms with Crippen molar-refractivity contribution in [2.24, 2.45) is 0 Å². The third-order valence-corrected chi connectivity index (χ3v) is 5.35. The van der Waals surface area contributed by atoms with E-state index in [-0.39, 0.29) is 6.04 Å². The highest BCUT2D eigenvalue weighted by Gasteiger charge is 2.26. The monoisotopic (exact) mass is 367 g/mol. The van der Waals surface area contributed by atoms with E-state index < -0.39 is 0 Å². The van der Waals surface area contributed by atoms with Crippen molar-refractivity contribution in [1.29, 1.82) is 0 Å². The van der Waals surface area contributed by atoms with Gasteiger partial charge in [0.25, 0.3) is 0 Å². The number of benzene rings is 3. The van der Waals surface area contributed by atoms with E-state index >= 15 is 0 Å². The molecule has 0 amide bonds. The Morgan fingerprint density at radius 3 is 2.46 bits per heavy atom. The van der Waals surface area contributed by atoms with Crippen LogP contribution < -0.4 is 10.1 Å². The number of nitrogens with one attached hydrogen (secondary N) is 1. The zero-order valence-corrected chi connectivity index (χ0v) is 15.9. The molecular weight excluding hydrogens is 346 g/mol. The van der Waals surface area contributed by atoms with Gasteiger partial charge in [0.2, 0.25) is 5.95 Å². The number of imidazole rings is 1. The fraction of sp³-hybridized carbons (Fsp3) is 0.125. The second-order valence-corrected chi connectivity index (χ2v) is 7.03. The van der Waals surface area contributed by atoms with Crippen molar-refractivity contribution in [1.82, 2.24) is 9.55 Å². The average Bonchev–Trinajstić information content (AvgIpc) is 3.12. The van der Waals surface area contributed by atoms with Crippen molar-refractivity contribution >= 4 is 22.7 Å². The Bertz CT molecular complexity index is 1190. The molecule has 138 valence electrons. The van der Waals surface area contributed by atoms with E-state index in [0.29, 0.717) is 0 Å². The molecular formula is C24H21N3O. The van der Waals surface area contributed by atoms with Gasteiger partial charge in [-0.1, -0.05) is 36.4 Å². The number of fused-ring (bicyclic) bond motifs is 3. The number of methoxy groups -OCH3 is 1. The fourth-order valence-electron chi connectivity index (χ4n) is 3.90. The lowest BCUT2D eigenvalue weighted by Gasteiger charge is -2.27. The lowest BCUT2D eigenvalue weighted by molar-refractivity contribution is 0.415. The Kier molecular flexibility index (Phi) is 3.90. The summed E-state index contributed by atoms with van der Waals surface area (Å²) in [4.78, 5) is 4.85. The molecule has 0 saturated heterocycles. The third kappa shape index (κ3) is 2.65. The first kappa shape index (κ1) is 16.6. The molecule has 4 heteroatoms. The van der Waals surface area contributed by atoms with E-state index in [1.54, 1.807) is 7.11 Å². The lowest BCUT2D eigenvalue weighted by atomic mass is 9.97. The Labute approximate surface area is 164 Å². The average molecular weight is 367 g/mol. The van der Waals surface area contributed by atoms with E-state index in [2.05, 4.69) is 77.5 Å². The van der Waals surface area contributed by atoms with Gasteiger partial charge in [-0.05, 0) is 66.1 Å². The van der Waals surface area contributed by atoms with Crippen molar-refractivity contribution in [2.75, 3.05) is 12.4 Å². The number of anilines is 1. The highest BCUT2D eigenvalue weighted by Crippen LogP contribution is 2.37. The van der Waals surface area contributed by atoms with Crippen LogP contribution in [-0.4, -0.2) is 16.7 Å². The molecule has 1 atom stereocenters. The van der Waals surface area contributed by atoms with E-state index in [0.717, 1.165) is 34.0 Å². The van der Waals surface area contributed by atoms with Gasteiger partial charge in [-0.3, -0.25) is 4.57 Å². The smallest absolute Gasteiger partial charge is 0.209 e. The molecule has 0 aliphatic carbocycles. The minimum atomic E-state index is 0.0713. The Hall–Kier alpha value is -3.53. The highest BCUT2D eigenvalue weighted by molar-refractivity contribution is 5.85. The number of para-hydroxylation sites is 2. The number of hydrogen-bond acceptors (Lipinski definition) is 3. The van der Waals surface area contributed by atoms with Gasteiger partial charge in [-0.25, -0.2) is 4.98 Å². The van der Waals surface area contributed by atoms with Crippen molar-refractivity contribution in [3.63, 3.8) is 0 Å². The molecule has 4 aromatic rings. The summed E-state index contributed by atoms with van der Waals surface area (Å²) in [5.74, 6) is 1.71. The summed E-state index contributed by atoms with van der Waals surface area (Å²) in [6.07, 6.45) is 2.28. The molecule has 1 N–H and O–H groups in total. The van der Waals surface area contributed by atoms with Crippen LogP contribution in [-0.2, 0) is 0 Å². The number of hydrogen-bond donors (Lipinski definition) is 1. The molecule has 28 heavy (non-hydrogen) atoms. The maximum atomic E-state index is 5.30. The zero-order valence-electron chi connectivity index (χ0n) is 15.9. The summed E-state index contributed by atoms with van der Waals surface area (Å²) < 4.78 is 7.58. The number of ether oxygens (including phenoxy) is 1. The quantitative estimate of drug-likeness (QED) is 0.526. The zero-order chi connectivity index (χ0) is 19.1. The second-order valence-electron chi connectivity index (χ2n) is 7.03. The van der Waals surface area contributed by atoms with Gasteiger partial charge >= 0.3 is 0 Å². The topological polar surface area (TPSA) is 39.1 Å². The van der Waals surface area contributed by atoms with Crippen LogP contribution in [0.5, 0.6) is 5.75 Å². The lowest BCUT2D eigenvalue weighted by Crippen LogP contribution is -2.19. The minimum Gasteiger partial charge on any atom is -0.497 e. The van der Waals surface area contributed by atoms with Crippen LogP contribution in [0.4, 0.5) is 5.95 Å². The van der Waals surface area contributed by atoms with Gasteiger partial charge in [0, 0.05) is 5.70 Å². The molecule has 1 aromatic heterocycles. The summed E-state index contributed by atoms with van der Waals surface area (Å²) in [5.41, 5.74) is 6.83. The number of allylic oxidation sites excluding steroid dienone is 1. The molecule has 4 nitrogen and oxygen atoms in total. The number of aryl methyl sites for hydroxylation is 1. The largest absolute Gasteiger partial charge is 0.497 e. The fourth-order valence-corrected chi connectivity index (χ4v) is 3.90. The molecule has 0 spiro atoms. The summed E-state index contributed by atoms with van der Waals surface area (Å²) in [7, 11) is 1.68. The molecule has 1 unspecified atom stereocenters. The molecule has 0 saturated carbocycles. The molecule has 0 bridgehead atoms. The van der Waals surface area contributed by atoms with Crippen molar-refractivity contribution in [3.05, 3.63) is 95.6 Å². The number of rotatable bonds is 3. The van der Waals surface area contributed by atoms with Crippen LogP contribution >= 0.6 is 0 Å². The number of nitrogens with zero attached hydrogens (tertiary/aromatic N) is 2. The molecule has 0 fully saturated rings. The molecule has 5 rings (SSSR count). The van der Waals surface area contributed by atoms with Crippen LogP contribution in [0, 0.1) is 6.92 Å². The predicted octanol–water partition coefficient (Wildman–Crippen LogP) is 5.41. The van der Waals surface area contributed by atoms with Gasteiger partial charge in [0.05, 0.1) is 24.2 Å². The standard InChI is InChI=1S/C24H21N3O/c1-16-7-3-4-8-19(16)23-15-21(17-11-13-18(28-2)14-12-17)26-24-25-20-9-5-6-10-22(20)27(23)24/h3-15,23H,1-2H3,(H,25,26). The molecule has 3 aromatic carbocycles. The van der Waals surface area contributed by atoms with Gasteiger partial charge in [0.15, 0.2) is 0 Å². The Morgan fingerprint density at radius 2 is 1.68 bits per heavy atom. The minimum absolute atomic E-state index is 0.0713. The first-order valence-corrected chi connectivity index (χ1v) is 9.40. The summed E-state index contributed by atoms with van der Waals surface area (Å²) in [5, 5.41) is 3.53. The van der Waals surface area contributed by atoms with E-state index in [4.69, 9.17) is 9.72 Å². The van der Waals surface area contributed by atoms with Gasteiger partial charge in [0.1, 0.15) is 5.75 Å². The van der Waals surface area contributed by atoms with Gasteiger partial charge < -0.3 is 10.1 Å².